The Bertz CT molecular complexity index is 651. The maximum atomic E-state index is 11.9. The quantitative estimate of drug-likeness (QED) is 0.856. The zero-order valence-electron chi connectivity index (χ0n) is 14.9. The number of piperazine rings is 1. The van der Waals surface area contributed by atoms with Crippen molar-refractivity contribution < 1.29 is 14.7 Å². The van der Waals surface area contributed by atoms with Crippen LogP contribution in [0.2, 0.25) is 0 Å². The van der Waals surface area contributed by atoms with Gasteiger partial charge in [-0.05, 0) is 19.1 Å². The molecule has 1 aromatic heterocycles. The van der Waals surface area contributed by atoms with Crippen LogP contribution >= 0.6 is 0 Å². The summed E-state index contributed by atoms with van der Waals surface area (Å²) in [6.45, 7) is 8.24. The number of carbonyl (C=O) groups excluding carboxylic acids is 1. The molecule has 2 saturated heterocycles. The fourth-order valence-electron chi connectivity index (χ4n) is 3.78. The number of hydrogen-bond acceptors (Lipinski definition) is 5. The summed E-state index contributed by atoms with van der Waals surface area (Å²) < 4.78 is 0. The van der Waals surface area contributed by atoms with Gasteiger partial charge in [0.2, 0.25) is 5.91 Å². The molecule has 2 aliphatic heterocycles. The van der Waals surface area contributed by atoms with E-state index in [0.717, 1.165) is 37.6 Å². The number of rotatable bonds is 3. The Morgan fingerprint density at radius 3 is 2.68 bits per heavy atom. The van der Waals surface area contributed by atoms with Gasteiger partial charge >= 0.3 is 5.97 Å². The molecule has 7 nitrogen and oxygen atoms in total. The van der Waals surface area contributed by atoms with Crippen LogP contribution in [0.25, 0.3) is 0 Å². The van der Waals surface area contributed by atoms with Crippen LogP contribution < -0.4 is 0 Å². The molecule has 7 heteroatoms. The summed E-state index contributed by atoms with van der Waals surface area (Å²) in [4.78, 5) is 34.2. The van der Waals surface area contributed by atoms with Gasteiger partial charge in [-0.3, -0.25) is 24.4 Å². The van der Waals surface area contributed by atoms with Crippen molar-refractivity contribution in [2.75, 3.05) is 39.3 Å². The van der Waals surface area contributed by atoms with Gasteiger partial charge in [0.05, 0.1) is 11.6 Å². The first kappa shape index (κ1) is 17.8. The van der Waals surface area contributed by atoms with Crippen LogP contribution in [-0.4, -0.2) is 82.0 Å². The minimum Gasteiger partial charge on any atom is -0.481 e. The van der Waals surface area contributed by atoms with Crippen molar-refractivity contribution in [1.29, 1.82) is 0 Å². The minimum atomic E-state index is -0.821. The van der Waals surface area contributed by atoms with Gasteiger partial charge in [0.25, 0.3) is 0 Å². The summed E-state index contributed by atoms with van der Waals surface area (Å²) >= 11 is 0. The van der Waals surface area contributed by atoms with Crippen LogP contribution in [0.5, 0.6) is 0 Å². The maximum Gasteiger partial charge on any atom is 0.309 e. The molecule has 0 aromatic carbocycles. The van der Waals surface area contributed by atoms with Gasteiger partial charge in [0.1, 0.15) is 0 Å². The van der Waals surface area contributed by atoms with E-state index in [1.807, 2.05) is 25.1 Å². The van der Waals surface area contributed by atoms with Crippen LogP contribution in [-0.2, 0) is 16.1 Å². The number of amides is 1. The Kier molecular flexibility index (Phi) is 5.34. The van der Waals surface area contributed by atoms with Gasteiger partial charge in [-0.1, -0.05) is 6.07 Å². The second-order valence-corrected chi connectivity index (χ2v) is 7.11. The van der Waals surface area contributed by atoms with Gasteiger partial charge in [-0.25, -0.2) is 0 Å². The number of pyridine rings is 1. The number of fused-ring (bicyclic) bond motifs is 1. The Morgan fingerprint density at radius 1 is 1.20 bits per heavy atom. The highest BCUT2D eigenvalue weighted by Crippen LogP contribution is 2.20. The molecule has 2 atom stereocenters. The number of hydrogen-bond donors (Lipinski definition) is 1. The van der Waals surface area contributed by atoms with E-state index in [2.05, 4.69) is 14.8 Å². The fourth-order valence-corrected chi connectivity index (χ4v) is 3.78. The average molecular weight is 346 g/mol. The number of carbonyl (C=O) groups is 2. The van der Waals surface area contributed by atoms with E-state index in [0.29, 0.717) is 19.6 Å². The lowest BCUT2D eigenvalue weighted by Crippen LogP contribution is -2.55. The third-order valence-corrected chi connectivity index (χ3v) is 5.14. The predicted octanol–water partition coefficient (Wildman–Crippen LogP) is 0.439. The molecular formula is C18H26N4O3. The van der Waals surface area contributed by atoms with E-state index < -0.39 is 11.9 Å². The summed E-state index contributed by atoms with van der Waals surface area (Å²) in [5.41, 5.74) is 2.06. The SMILES string of the molecule is CC(=O)N1C[C@H](C(=O)O)CN2CCN(Cc3cccc(C)n3)C[C@@H]2C1. The van der Waals surface area contributed by atoms with Gasteiger partial charge in [0.15, 0.2) is 0 Å². The van der Waals surface area contributed by atoms with Gasteiger partial charge in [-0.15, -0.1) is 0 Å². The molecule has 0 saturated carbocycles. The zero-order valence-corrected chi connectivity index (χ0v) is 14.9. The number of aromatic nitrogens is 1. The molecule has 25 heavy (non-hydrogen) atoms. The normalized spacial score (nSPS) is 25.3. The monoisotopic (exact) mass is 346 g/mol. The summed E-state index contributed by atoms with van der Waals surface area (Å²) in [5, 5.41) is 9.44. The van der Waals surface area contributed by atoms with Crippen molar-refractivity contribution in [3.8, 4) is 0 Å². The third kappa shape index (κ3) is 4.35. The van der Waals surface area contributed by atoms with E-state index >= 15 is 0 Å². The number of carboxylic acids is 1. The lowest BCUT2D eigenvalue weighted by atomic mass is 10.1. The Morgan fingerprint density at radius 2 is 2.00 bits per heavy atom. The number of aryl methyl sites for hydroxylation is 1. The summed E-state index contributed by atoms with van der Waals surface area (Å²) in [5.74, 6) is -1.39. The van der Waals surface area contributed by atoms with Gasteiger partial charge in [-0.2, -0.15) is 0 Å². The first-order chi connectivity index (χ1) is 11.9. The summed E-state index contributed by atoms with van der Waals surface area (Å²) in [7, 11) is 0. The third-order valence-electron chi connectivity index (χ3n) is 5.14. The van der Waals surface area contributed by atoms with Gasteiger partial charge in [0, 0.05) is 64.5 Å². The zero-order chi connectivity index (χ0) is 18.0. The molecule has 3 rings (SSSR count). The van der Waals surface area contributed by atoms with E-state index in [1.165, 1.54) is 6.92 Å². The summed E-state index contributed by atoms with van der Waals surface area (Å²) in [6, 6.07) is 6.22. The number of nitrogens with zero attached hydrogens (tertiary/aromatic N) is 4. The van der Waals surface area contributed by atoms with Crippen LogP contribution in [0, 0.1) is 12.8 Å². The Hall–Kier alpha value is -1.99. The molecule has 0 radical (unpaired) electrons. The predicted molar refractivity (Wildman–Crippen MR) is 93.0 cm³/mol. The standard InChI is InChI=1S/C18H26N4O3/c1-13-4-3-5-16(19-13)10-20-6-7-21-8-15(18(24)25)9-22(14(2)23)12-17(21)11-20/h3-5,15,17H,6-12H2,1-2H3,(H,24,25)/t15-,17-/m1/s1. The lowest BCUT2D eigenvalue weighted by Gasteiger charge is -2.41. The Balaban J connectivity index is 1.70. The first-order valence-electron chi connectivity index (χ1n) is 8.79. The highest BCUT2D eigenvalue weighted by Gasteiger charge is 2.37. The van der Waals surface area contributed by atoms with Gasteiger partial charge < -0.3 is 10.0 Å². The van der Waals surface area contributed by atoms with Crippen molar-refractivity contribution >= 4 is 11.9 Å². The van der Waals surface area contributed by atoms with Crippen LogP contribution in [0.15, 0.2) is 18.2 Å². The summed E-state index contributed by atoms with van der Waals surface area (Å²) in [6.07, 6.45) is 0. The molecule has 0 bridgehead atoms. The maximum absolute atomic E-state index is 11.9. The minimum absolute atomic E-state index is 0.0504. The molecular weight excluding hydrogens is 320 g/mol. The van der Waals surface area contributed by atoms with Crippen molar-refractivity contribution in [2.24, 2.45) is 5.92 Å². The molecule has 2 aliphatic rings. The van der Waals surface area contributed by atoms with E-state index in [-0.39, 0.29) is 11.9 Å². The second-order valence-electron chi connectivity index (χ2n) is 7.11. The van der Waals surface area contributed by atoms with Crippen molar-refractivity contribution in [3.05, 3.63) is 29.6 Å². The van der Waals surface area contributed by atoms with E-state index in [1.54, 1.807) is 4.90 Å². The molecule has 0 unspecified atom stereocenters. The lowest BCUT2D eigenvalue weighted by molar-refractivity contribution is -0.143. The van der Waals surface area contributed by atoms with Crippen molar-refractivity contribution in [1.82, 2.24) is 19.7 Å². The van der Waals surface area contributed by atoms with Crippen LogP contribution in [0.1, 0.15) is 18.3 Å². The van der Waals surface area contributed by atoms with Crippen molar-refractivity contribution in [2.45, 2.75) is 26.4 Å². The second kappa shape index (κ2) is 7.49. The van der Waals surface area contributed by atoms with Crippen LogP contribution in [0.4, 0.5) is 0 Å². The molecule has 0 spiro atoms. The molecule has 0 aliphatic carbocycles. The largest absolute Gasteiger partial charge is 0.481 e. The molecule has 1 amide bonds. The molecule has 1 N–H and O–H groups in total. The molecule has 3 heterocycles. The Labute approximate surface area is 148 Å². The average Bonchev–Trinajstić information content (AvgIpc) is 2.74. The molecule has 1 aromatic rings. The molecule has 2 fully saturated rings. The molecule has 136 valence electrons. The number of aliphatic carboxylic acids is 1. The van der Waals surface area contributed by atoms with Crippen molar-refractivity contribution in [3.63, 3.8) is 0 Å². The highest BCUT2D eigenvalue weighted by atomic mass is 16.4. The topological polar surface area (TPSA) is 77.0 Å². The number of carboxylic acid groups (broad SMARTS) is 1. The van der Waals surface area contributed by atoms with Crippen LogP contribution in [0.3, 0.4) is 0 Å². The first-order valence-corrected chi connectivity index (χ1v) is 8.79. The van der Waals surface area contributed by atoms with E-state index in [4.69, 9.17) is 0 Å². The fraction of sp³-hybridized carbons (Fsp3) is 0.611. The highest BCUT2D eigenvalue weighted by molar-refractivity contribution is 5.75. The van der Waals surface area contributed by atoms with E-state index in [9.17, 15) is 14.7 Å². The smallest absolute Gasteiger partial charge is 0.309 e.